The smallest absolute Gasteiger partial charge is 0.267 e. The fourth-order valence-electron chi connectivity index (χ4n) is 4.02. The van der Waals surface area contributed by atoms with Gasteiger partial charge >= 0.3 is 0 Å². The molecule has 0 saturated carbocycles. The lowest BCUT2D eigenvalue weighted by Gasteiger charge is -2.14. The van der Waals surface area contributed by atoms with Gasteiger partial charge in [0, 0.05) is 10.6 Å². The Kier molecular flexibility index (Phi) is 7.77. The molecule has 0 saturated heterocycles. The van der Waals surface area contributed by atoms with Crippen molar-refractivity contribution in [3.63, 3.8) is 0 Å². The zero-order chi connectivity index (χ0) is 25.1. The number of rotatable bonds is 8. The van der Waals surface area contributed by atoms with Gasteiger partial charge in [0.25, 0.3) is 5.56 Å². The largest absolute Gasteiger partial charge is 0.325 e. The summed E-state index contributed by atoms with van der Waals surface area (Å²) >= 11 is 2.88. The number of benzene rings is 2. The van der Waals surface area contributed by atoms with Crippen LogP contribution in [0.1, 0.15) is 47.4 Å². The average molecular weight is 506 g/mol. The summed E-state index contributed by atoms with van der Waals surface area (Å²) in [6.07, 6.45) is 2.90. The summed E-state index contributed by atoms with van der Waals surface area (Å²) in [5.41, 5.74) is 5.97. The predicted octanol–water partition coefficient (Wildman–Crippen LogP) is 6.62. The van der Waals surface area contributed by atoms with E-state index in [9.17, 15) is 9.59 Å². The zero-order valence-corrected chi connectivity index (χ0v) is 22.5. The summed E-state index contributed by atoms with van der Waals surface area (Å²) in [6, 6.07) is 13.8. The summed E-state index contributed by atoms with van der Waals surface area (Å²) in [5, 5.41) is 4.16. The van der Waals surface area contributed by atoms with E-state index in [0.29, 0.717) is 10.5 Å². The molecule has 0 radical (unpaired) electrons. The van der Waals surface area contributed by atoms with Crippen LogP contribution in [0.4, 0.5) is 5.69 Å². The maximum atomic E-state index is 13.8. The first-order valence-corrected chi connectivity index (χ1v) is 13.8. The lowest BCUT2D eigenvalue weighted by molar-refractivity contribution is -0.113. The number of nitrogens with zero attached hydrogens (tertiary/aromatic N) is 2. The molecule has 2 aromatic heterocycles. The molecule has 4 rings (SSSR count). The maximum absolute atomic E-state index is 13.8. The van der Waals surface area contributed by atoms with Crippen LogP contribution in [0.2, 0.25) is 0 Å². The van der Waals surface area contributed by atoms with Crippen LogP contribution in [-0.4, -0.2) is 21.2 Å². The van der Waals surface area contributed by atoms with E-state index < -0.39 is 0 Å². The maximum Gasteiger partial charge on any atom is 0.267 e. The molecule has 2 heterocycles. The molecule has 0 aliphatic carbocycles. The Morgan fingerprint density at radius 2 is 1.80 bits per heavy atom. The number of aromatic nitrogens is 2. The lowest BCUT2D eigenvalue weighted by Crippen LogP contribution is -2.23. The molecule has 1 amide bonds. The minimum atomic E-state index is -0.130. The number of fused-ring (bicyclic) bond motifs is 1. The molecule has 0 aliphatic rings. The van der Waals surface area contributed by atoms with Crippen molar-refractivity contribution in [2.45, 2.75) is 59.0 Å². The molecule has 0 atom stereocenters. The molecular formula is C28H31N3O2S2. The predicted molar refractivity (Wildman–Crippen MR) is 149 cm³/mol. The minimum absolute atomic E-state index is 0.0765. The van der Waals surface area contributed by atoms with Gasteiger partial charge < -0.3 is 5.32 Å². The Balaban J connectivity index is 1.71. The van der Waals surface area contributed by atoms with Gasteiger partial charge in [0.15, 0.2) is 5.16 Å². The molecule has 0 spiro atoms. The molecule has 35 heavy (non-hydrogen) atoms. The van der Waals surface area contributed by atoms with E-state index in [4.69, 9.17) is 4.98 Å². The van der Waals surface area contributed by atoms with Crippen molar-refractivity contribution < 1.29 is 4.79 Å². The Bertz CT molecular complexity index is 1440. The number of anilines is 1. The standard InChI is InChI=1S/C28H31N3O2S2/c1-6-8-23-19(5)25-26(35-23)30-28(31(27(25)33)22-14-9-17(3)18(4)15-22)34-16-24(32)29-21-12-10-20(7-2)11-13-21/h9-15H,6-8,16H2,1-5H3,(H,29,32). The highest BCUT2D eigenvalue weighted by Gasteiger charge is 2.20. The number of amides is 1. The first kappa shape index (κ1) is 25.2. The summed E-state index contributed by atoms with van der Waals surface area (Å²) in [5.74, 6) is 0.0269. The van der Waals surface area contributed by atoms with E-state index in [-0.39, 0.29) is 17.2 Å². The summed E-state index contributed by atoms with van der Waals surface area (Å²) in [6.45, 7) is 10.3. The van der Waals surface area contributed by atoms with Crippen LogP contribution in [0, 0.1) is 20.8 Å². The zero-order valence-electron chi connectivity index (χ0n) is 20.9. The van der Waals surface area contributed by atoms with Gasteiger partial charge in [-0.1, -0.05) is 50.2 Å². The molecule has 0 aliphatic heterocycles. The van der Waals surface area contributed by atoms with Crippen LogP contribution >= 0.6 is 23.1 Å². The van der Waals surface area contributed by atoms with Crippen molar-refractivity contribution in [3.05, 3.63) is 79.9 Å². The number of carbonyl (C=O) groups excluding carboxylic acids is 1. The van der Waals surface area contributed by atoms with E-state index in [1.807, 2.05) is 56.3 Å². The van der Waals surface area contributed by atoms with Gasteiger partial charge in [-0.2, -0.15) is 0 Å². The quantitative estimate of drug-likeness (QED) is 0.216. The Labute approximate surface area is 214 Å². The van der Waals surface area contributed by atoms with Crippen molar-refractivity contribution in [3.8, 4) is 5.69 Å². The van der Waals surface area contributed by atoms with E-state index in [1.54, 1.807) is 15.9 Å². The van der Waals surface area contributed by atoms with Gasteiger partial charge in [-0.25, -0.2) is 4.98 Å². The fourth-order valence-corrected chi connectivity index (χ4v) is 6.15. The molecular weight excluding hydrogens is 474 g/mol. The van der Waals surface area contributed by atoms with E-state index in [1.165, 1.54) is 22.2 Å². The van der Waals surface area contributed by atoms with Crippen LogP contribution < -0.4 is 10.9 Å². The van der Waals surface area contributed by atoms with E-state index in [2.05, 4.69) is 26.1 Å². The Morgan fingerprint density at radius 3 is 2.46 bits per heavy atom. The van der Waals surface area contributed by atoms with Crippen LogP contribution in [0.5, 0.6) is 0 Å². The molecule has 7 heteroatoms. The molecule has 182 valence electrons. The number of hydrogen-bond acceptors (Lipinski definition) is 5. The van der Waals surface area contributed by atoms with E-state index >= 15 is 0 Å². The van der Waals surface area contributed by atoms with Crippen molar-refractivity contribution in [2.75, 3.05) is 11.1 Å². The second kappa shape index (κ2) is 10.8. The first-order valence-electron chi connectivity index (χ1n) is 12.0. The Morgan fingerprint density at radius 1 is 1.06 bits per heavy atom. The normalized spacial score (nSPS) is 11.2. The highest BCUT2D eigenvalue weighted by Crippen LogP contribution is 2.31. The van der Waals surface area contributed by atoms with Crippen LogP contribution in [0.25, 0.3) is 15.9 Å². The SMILES string of the molecule is CCCc1sc2nc(SCC(=O)Nc3ccc(CC)cc3)n(-c3ccc(C)c(C)c3)c(=O)c2c1C. The third-order valence-corrected chi connectivity index (χ3v) is 8.42. The number of thiophene rings is 1. The van der Waals surface area contributed by atoms with Crippen LogP contribution in [0.3, 0.4) is 0 Å². The van der Waals surface area contributed by atoms with Gasteiger partial charge in [-0.15, -0.1) is 11.3 Å². The Hall–Kier alpha value is -2.90. The molecule has 0 unspecified atom stereocenters. The second-order valence-electron chi connectivity index (χ2n) is 8.77. The van der Waals surface area contributed by atoms with Crippen LogP contribution in [-0.2, 0) is 17.6 Å². The second-order valence-corrected chi connectivity index (χ2v) is 10.8. The van der Waals surface area contributed by atoms with Gasteiger partial charge in [-0.3, -0.25) is 14.2 Å². The lowest BCUT2D eigenvalue weighted by atomic mass is 10.1. The third kappa shape index (κ3) is 5.36. The van der Waals surface area contributed by atoms with Crippen molar-refractivity contribution in [1.29, 1.82) is 0 Å². The van der Waals surface area contributed by atoms with Gasteiger partial charge in [-0.05, 0) is 80.1 Å². The topological polar surface area (TPSA) is 64.0 Å². The third-order valence-electron chi connectivity index (χ3n) is 6.24. The molecule has 4 aromatic rings. The summed E-state index contributed by atoms with van der Waals surface area (Å²) in [7, 11) is 0. The number of thioether (sulfide) groups is 1. The van der Waals surface area contributed by atoms with Gasteiger partial charge in [0.2, 0.25) is 5.91 Å². The number of nitrogens with one attached hydrogen (secondary N) is 1. The highest BCUT2D eigenvalue weighted by molar-refractivity contribution is 7.99. The minimum Gasteiger partial charge on any atom is -0.325 e. The van der Waals surface area contributed by atoms with Gasteiger partial charge in [0.1, 0.15) is 4.83 Å². The van der Waals surface area contributed by atoms with Crippen molar-refractivity contribution in [2.24, 2.45) is 0 Å². The van der Waals surface area contributed by atoms with Crippen molar-refractivity contribution in [1.82, 2.24) is 9.55 Å². The highest BCUT2D eigenvalue weighted by atomic mass is 32.2. The number of carbonyl (C=O) groups is 1. The summed E-state index contributed by atoms with van der Waals surface area (Å²) < 4.78 is 1.66. The fraction of sp³-hybridized carbons (Fsp3) is 0.321. The van der Waals surface area contributed by atoms with E-state index in [0.717, 1.165) is 52.2 Å². The molecule has 0 fully saturated rings. The number of aryl methyl sites for hydroxylation is 5. The van der Waals surface area contributed by atoms with Gasteiger partial charge in [0.05, 0.1) is 16.8 Å². The molecule has 0 bridgehead atoms. The molecule has 1 N–H and O–H groups in total. The summed E-state index contributed by atoms with van der Waals surface area (Å²) in [4.78, 5) is 33.4. The molecule has 2 aromatic carbocycles. The first-order chi connectivity index (χ1) is 16.8. The number of hydrogen-bond donors (Lipinski definition) is 1. The van der Waals surface area contributed by atoms with Crippen molar-refractivity contribution >= 4 is 44.9 Å². The van der Waals surface area contributed by atoms with Crippen LogP contribution in [0.15, 0.2) is 52.4 Å². The molecule has 5 nitrogen and oxygen atoms in total. The average Bonchev–Trinajstić information content (AvgIpc) is 3.15. The monoisotopic (exact) mass is 505 g/mol.